The van der Waals surface area contributed by atoms with E-state index in [4.69, 9.17) is 0 Å². The van der Waals surface area contributed by atoms with E-state index >= 15 is 0 Å². The number of halogens is 1. The minimum Gasteiger partial charge on any atom is -0.352 e. The quantitative estimate of drug-likeness (QED) is 0.664. The number of benzene rings is 1. The molecule has 2 saturated heterocycles. The Kier molecular flexibility index (Phi) is 7.92. The number of nitrogens with zero attached hydrogens (tertiary/aromatic N) is 2. The summed E-state index contributed by atoms with van der Waals surface area (Å²) in [4.78, 5) is 17.7. The van der Waals surface area contributed by atoms with Crippen molar-refractivity contribution >= 4 is 5.91 Å². The summed E-state index contributed by atoms with van der Waals surface area (Å²) < 4.78 is 13.1. The second-order valence-electron chi connectivity index (χ2n) is 9.19. The number of hydrogen-bond donors (Lipinski definition) is 1. The van der Waals surface area contributed by atoms with Gasteiger partial charge >= 0.3 is 0 Å². The molecule has 4 nitrogen and oxygen atoms in total. The smallest absolute Gasteiger partial charge is 0.250 e. The second kappa shape index (κ2) is 11.1. The maximum Gasteiger partial charge on any atom is 0.250 e. The average Bonchev–Trinajstić information content (AvgIpc) is 2.83. The van der Waals surface area contributed by atoms with E-state index in [0.717, 1.165) is 43.1 Å². The van der Waals surface area contributed by atoms with Crippen LogP contribution in [0.4, 0.5) is 4.39 Å². The molecule has 4 rings (SSSR count). The molecule has 1 N–H and O–H groups in total. The van der Waals surface area contributed by atoms with E-state index in [1.54, 1.807) is 0 Å². The molecule has 5 heteroatoms. The Morgan fingerprint density at radius 2 is 1.77 bits per heavy atom. The number of carbonyl (C=O) groups is 1. The van der Waals surface area contributed by atoms with E-state index in [9.17, 15) is 9.18 Å². The molecule has 1 aromatic rings. The fourth-order valence-corrected chi connectivity index (χ4v) is 5.14. The van der Waals surface area contributed by atoms with Gasteiger partial charge in [-0.15, -0.1) is 0 Å². The van der Waals surface area contributed by atoms with Crippen LogP contribution in [0.3, 0.4) is 0 Å². The van der Waals surface area contributed by atoms with Gasteiger partial charge in [0.2, 0.25) is 0 Å². The molecular formula is C26H36FN3O. The highest BCUT2D eigenvalue weighted by Gasteiger charge is 2.25. The molecule has 1 unspecified atom stereocenters. The van der Waals surface area contributed by atoms with Crippen molar-refractivity contribution in [2.45, 2.75) is 56.9 Å². The third kappa shape index (κ3) is 6.27. The number of rotatable bonds is 7. The molecule has 0 radical (unpaired) electrons. The Bertz CT molecular complexity index is 774. The summed E-state index contributed by atoms with van der Waals surface area (Å²) in [7, 11) is 0. The summed E-state index contributed by atoms with van der Waals surface area (Å²) in [5.41, 5.74) is 1.82. The molecule has 0 bridgehead atoms. The normalized spacial score (nSPS) is 23.5. The predicted octanol–water partition coefficient (Wildman–Crippen LogP) is 4.25. The van der Waals surface area contributed by atoms with E-state index in [0.29, 0.717) is 0 Å². The Morgan fingerprint density at radius 1 is 1.03 bits per heavy atom. The standard InChI is InChI=1S/C26H36FN3O/c27-24-11-9-22(10-12-24)21-5-7-23(8-6-21)26(31)28-15-4-16-29-19-13-25(14-20-29)30-17-2-1-3-18-30/h5,7-12,21,25H,1-4,6,13-20H2,(H,28,31). The van der Waals surface area contributed by atoms with Crippen LogP contribution in [0.1, 0.15) is 56.4 Å². The Labute approximate surface area is 186 Å². The Morgan fingerprint density at radius 3 is 2.45 bits per heavy atom. The molecule has 0 spiro atoms. The van der Waals surface area contributed by atoms with Crippen LogP contribution in [0, 0.1) is 5.82 Å². The third-order valence-electron chi connectivity index (χ3n) is 7.06. The zero-order chi connectivity index (χ0) is 21.5. The van der Waals surface area contributed by atoms with E-state index in [-0.39, 0.29) is 17.6 Å². The van der Waals surface area contributed by atoms with Gasteiger partial charge in [-0.05, 0) is 88.9 Å². The van der Waals surface area contributed by atoms with E-state index < -0.39 is 0 Å². The highest BCUT2D eigenvalue weighted by Crippen LogP contribution is 2.27. The second-order valence-corrected chi connectivity index (χ2v) is 9.19. The van der Waals surface area contributed by atoms with Crippen LogP contribution in [0.5, 0.6) is 0 Å². The summed E-state index contributed by atoms with van der Waals surface area (Å²) in [5, 5.41) is 3.07. The van der Waals surface area contributed by atoms with Crippen LogP contribution in [-0.4, -0.2) is 61.0 Å². The van der Waals surface area contributed by atoms with Gasteiger partial charge in [0.15, 0.2) is 0 Å². The van der Waals surface area contributed by atoms with Gasteiger partial charge in [0, 0.05) is 24.1 Å². The van der Waals surface area contributed by atoms with Crippen molar-refractivity contribution in [3.63, 3.8) is 0 Å². The van der Waals surface area contributed by atoms with Crippen molar-refractivity contribution in [3.8, 4) is 0 Å². The van der Waals surface area contributed by atoms with Crippen molar-refractivity contribution < 1.29 is 9.18 Å². The van der Waals surface area contributed by atoms with E-state index in [1.807, 2.05) is 24.3 Å². The number of likely N-dealkylation sites (tertiary alicyclic amines) is 2. The highest BCUT2D eigenvalue weighted by atomic mass is 19.1. The lowest BCUT2D eigenvalue weighted by Gasteiger charge is -2.40. The molecule has 0 saturated carbocycles. The Balaban J connectivity index is 1.11. The number of carbonyl (C=O) groups excluding carboxylic acids is 1. The van der Waals surface area contributed by atoms with Crippen molar-refractivity contribution in [2.24, 2.45) is 0 Å². The minimum absolute atomic E-state index is 0.0117. The van der Waals surface area contributed by atoms with Gasteiger partial charge in [-0.2, -0.15) is 0 Å². The summed E-state index contributed by atoms with van der Waals surface area (Å²) in [5.74, 6) is 0.00754. The average molecular weight is 426 g/mol. The van der Waals surface area contributed by atoms with Gasteiger partial charge in [0.25, 0.3) is 5.91 Å². The van der Waals surface area contributed by atoms with Crippen LogP contribution in [0.15, 0.2) is 48.1 Å². The fraction of sp³-hybridized carbons (Fsp3) is 0.577. The zero-order valence-electron chi connectivity index (χ0n) is 18.6. The first-order valence-corrected chi connectivity index (χ1v) is 12.1. The maximum atomic E-state index is 13.1. The van der Waals surface area contributed by atoms with Gasteiger partial charge in [0.1, 0.15) is 5.82 Å². The summed E-state index contributed by atoms with van der Waals surface area (Å²) in [6.07, 6.45) is 14.5. The third-order valence-corrected chi connectivity index (χ3v) is 7.06. The summed E-state index contributed by atoms with van der Waals surface area (Å²) in [6.45, 7) is 6.75. The van der Waals surface area contributed by atoms with Gasteiger partial charge in [-0.25, -0.2) is 4.39 Å². The largest absolute Gasteiger partial charge is 0.352 e. The Hall–Kier alpha value is -1.98. The minimum atomic E-state index is -0.217. The molecule has 31 heavy (non-hydrogen) atoms. The molecule has 2 fully saturated rings. The maximum absolute atomic E-state index is 13.1. The summed E-state index contributed by atoms with van der Waals surface area (Å²) in [6, 6.07) is 7.41. The van der Waals surface area contributed by atoms with E-state index in [1.165, 1.54) is 70.4 Å². The molecule has 3 aliphatic rings. The first-order chi connectivity index (χ1) is 15.2. The molecular weight excluding hydrogens is 389 g/mol. The van der Waals surface area contributed by atoms with Crippen molar-refractivity contribution in [1.82, 2.24) is 15.1 Å². The number of allylic oxidation sites excluding steroid dienone is 2. The van der Waals surface area contributed by atoms with Gasteiger partial charge in [-0.3, -0.25) is 4.79 Å². The van der Waals surface area contributed by atoms with Gasteiger partial charge in [-0.1, -0.05) is 36.8 Å². The summed E-state index contributed by atoms with van der Waals surface area (Å²) >= 11 is 0. The van der Waals surface area contributed by atoms with Crippen LogP contribution in [0.2, 0.25) is 0 Å². The molecule has 1 aliphatic carbocycles. The van der Waals surface area contributed by atoms with Crippen molar-refractivity contribution in [2.75, 3.05) is 39.3 Å². The van der Waals surface area contributed by atoms with Gasteiger partial charge < -0.3 is 15.1 Å². The SMILES string of the molecule is O=C(NCCCN1CCC(N2CCCCC2)CC1)C1=CCC(c2ccc(F)cc2)C=C1. The first-order valence-electron chi connectivity index (χ1n) is 12.1. The molecule has 1 atom stereocenters. The fourth-order valence-electron chi connectivity index (χ4n) is 5.14. The van der Waals surface area contributed by atoms with Crippen LogP contribution in [0.25, 0.3) is 0 Å². The molecule has 168 valence electrons. The number of hydrogen-bond acceptors (Lipinski definition) is 3. The van der Waals surface area contributed by atoms with Crippen LogP contribution < -0.4 is 5.32 Å². The number of piperidine rings is 2. The molecule has 0 aromatic heterocycles. The zero-order valence-corrected chi connectivity index (χ0v) is 18.6. The predicted molar refractivity (Wildman–Crippen MR) is 123 cm³/mol. The monoisotopic (exact) mass is 425 g/mol. The topological polar surface area (TPSA) is 35.6 Å². The molecule has 2 heterocycles. The lowest BCUT2D eigenvalue weighted by Crippen LogP contribution is -2.47. The molecule has 1 aromatic carbocycles. The number of amides is 1. The van der Waals surface area contributed by atoms with Crippen LogP contribution >= 0.6 is 0 Å². The van der Waals surface area contributed by atoms with E-state index in [2.05, 4.69) is 21.2 Å². The highest BCUT2D eigenvalue weighted by molar-refractivity contribution is 5.96. The first kappa shape index (κ1) is 22.2. The lowest BCUT2D eigenvalue weighted by molar-refractivity contribution is -0.117. The van der Waals surface area contributed by atoms with Crippen LogP contribution in [-0.2, 0) is 4.79 Å². The van der Waals surface area contributed by atoms with Crippen molar-refractivity contribution in [3.05, 3.63) is 59.4 Å². The molecule has 2 aliphatic heterocycles. The number of nitrogens with one attached hydrogen (secondary N) is 1. The van der Waals surface area contributed by atoms with Gasteiger partial charge in [0.05, 0.1) is 0 Å². The lowest BCUT2D eigenvalue weighted by atomic mass is 9.90. The molecule has 1 amide bonds. The van der Waals surface area contributed by atoms with Crippen molar-refractivity contribution in [1.29, 1.82) is 0 Å².